The minimum absolute atomic E-state index is 0. The van der Waals surface area contributed by atoms with E-state index in [2.05, 4.69) is 41.9 Å². The van der Waals surface area contributed by atoms with Crippen molar-refractivity contribution in [3.63, 3.8) is 0 Å². The number of benzene rings is 1. The van der Waals surface area contributed by atoms with Gasteiger partial charge in [0.25, 0.3) is 0 Å². The second-order valence-corrected chi connectivity index (χ2v) is 5.09. The van der Waals surface area contributed by atoms with E-state index in [0.717, 1.165) is 0 Å². The van der Waals surface area contributed by atoms with Crippen molar-refractivity contribution in [1.29, 1.82) is 0 Å². The van der Waals surface area contributed by atoms with Gasteiger partial charge in [0.05, 0.1) is 0 Å². The van der Waals surface area contributed by atoms with E-state index in [4.69, 9.17) is 0 Å². The lowest BCUT2D eigenvalue weighted by Crippen LogP contribution is -2.04. The molecular formula is C10H13Br2OP. The first kappa shape index (κ1) is 14.3. The quantitative estimate of drug-likeness (QED) is 0.611. The first-order valence-corrected chi connectivity index (χ1v) is 6.09. The van der Waals surface area contributed by atoms with Gasteiger partial charge in [-0.1, -0.05) is 26.8 Å². The monoisotopic (exact) mass is 338 g/mol. The van der Waals surface area contributed by atoms with Crippen LogP contribution in [0, 0.1) is 13.8 Å². The van der Waals surface area contributed by atoms with E-state index in [1.54, 1.807) is 0 Å². The highest BCUT2D eigenvalue weighted by Gasteiger charge is 2.02. The third-order valence-electron chi connectivity index (χ3n) is 2.02. The Morgan fingerprint density at radius 3 is 2.64 bits per heavy atom. The number of carbonyl (C=O) groups is 1. The summed E-state index contributed by atoms with van der Waals surface area (Å²) in [5.41, 5.74) is 2.61. The molecule has 0 saturated heterocycles. The molecule has 0 saturated carbocycles. The number of rotatable bonds is 3. The summed E-state index contributed by atoms with van der Waals surface area (Å²) in [6, 6.07) is 6.24. The molecule has 0 aromatic heterocycles. The van der Waals surface area contributed by atoms with Crippen LogP contribution in [-0.4, -0.2) is 10.9 Å². The molecule has 0 amide bonds. The molecule has 0 aliphatic heterocycles. The van der Waals surface area contributed by atoms with Gasteiger partial charge in [0.2, 0.25) is 4.69 Å². The summed E-state index contributed by atoms with van der Waals surface area (Å²) in [6.45, 7) is 4.20. The van der Waals surface area contributed by atoms with Gasteiger partial charge in [0.1, 0.15) is 0 Å². The van der Waals surface area contributed by atoms with Gasteiger partial charge in [-0.3, -0.25) is 4.79 Å². The van der Waals surface area contributed by atoms with Gasteiger partial charge in [-0.2, -0.15) is 0 Å². The van der Waals surface area contributed by atoms with Gasteiger partial charge in [-0.15, -0.1) is 17.0 Å². The van der Waals surface area contributed by atoms with E-state index in [1.807, 2.05) is 6.07 Å². The highest BCUT2D eigenvalue weighted by molar-refractivity contribution is 9.18. The molecule has 0 fully saturated rings. The maximum absolute atomic E-state index is 10.7. The second-order valence-electron chi connectivity index (χ2n) is 2.96. The zero-order chi connectivity index (χ0) is 9.84. The van der Waals surface area contributed by atoms with Crippen LogP contribution < -0.4 is 5.30 Å². The van der Waals surface area contributed by atoms with Crippen molar-refractivity contribution in [2.24, 2.45) is 0 Å². The lowest BCUT2D eigenvalue weighted by molar-refractivity contribution is -0.108. The molecule has 1 atom stereocenters. The molecule has 78 valence electrons. The van der Waals surface area contributed by atoms with Gasteiger partial charge >= 0.3 is 0 Å². The Hall–Kier alpha value is 0.280. The molecule has 1 nitrogen and oxygen atoms in total. The Kier molecular flexibility index (Phi) is 6.84. The van der Waals surface area contributed by atoms with Crippen LogP contribution in [0.5, 0.6) is 0 Å². The summed E-state index contributed by atoms with van der Waals surface area (Å²) < 4.78 is 0.0896. The van der Waals surface area contributed by atoms with Crippen molar-refractivity contribution in [3.8, 4) is 0 Å². The Morgan fingerprint density at radius 1 is 1.43 bits per heavy atom. The average molecular weight is 340 g/mol. The van der Waals surface area contributed by atoms with Crippen LogP contribution in [0.3, 0.4) is 0 Å². The molecule has 1 aromatic carbocycles. The molecule has 0 aliphatic rings. The van der Waals surface area contributed by atoms with Gasteiger partial charge in [0, 0.05) is 6.16 Å². The standard InChI is InChI=1S/C10H12BrOP.BrH/c1-7-4-3-5-9(8(7)2)13-6-10(11)12;/h3-5,13H,6H2,1-2H3;1H. The third kappa shape index (κ3) is 4.20. The lowest BCUT2D eigenvalue weighted by atomic mass is 10.1. The topological polar surface area (TPSA) is 17.1 Å². The number of halogens is 2. The SMILES string of the molecule is Br.Cc1cccc(PCC(=O)Br)c1C. The third-order valence-corrected chi connectivity index (χ3v) is 4.24. The zero-order valence-electron chi connectivity index (χ0n) is 8.13. The number of aryl methyl sites for hydroxylation is 1. The fourth-order valence-electron chi connectivity index (χ4n) is 1.11. The van der Waals surface area contributed by atoms with Crippen LogP contribution in [0.4, 0.5) is 0 Å². The molecule has 1 aromatic rings. The van der Waals surface area contributed by atoms with Gasteiger partial charge in [-0.25, -0.2) is 0 Å². The van der Waals surface area contributed by atoms with Crippen LogP contribution in [0.1, 0.15) is 11.1 Å². The van der Waals surface area contributed by atoms with Crippen LogP contribution in [0.15, 0.2) is 18.2 Å². The van der Waals surface area contributed by atoms with E-state index in [-0.39, 0.29) is 21.7 Å². The molecule has 0 N–H and O–H groups in total. The molecule has 1 unspecified atom stereocenters. The fraction of sp³-hybridized carbons (Fsp3) is 0.300. The maximum atomic E-state index is 10.7. The largest absolute Gasteiger partial charge is 0.286 e. The molecule has 0 aliphatic carbocycles. The lowest BCUT2D eigenvalue weighted by Gasteiger charge is -2.06. The van der Waals surface area contributed by atoms with Gasteiger partial charge in [0.15, 0.2) is 0 Å². The molecule has 0 bridgehead atoms. The Labute approximate surface area is 105 Å². The summed E-state index contributed by atoms with van der Waals surface area (Å²) in [7, 11) is 0.584. The molecule has 4 heteroatoms. The number of hydrogen-bond acceptors (Lipinski definition) is 1. The number of carbonyl (C=O) groups excluding carboxylic acids is 1. The Bertz CT molecular complexity index is 326. The van der Waals surface area contributed by atoms with Crippen molar-refractivity contribution >= 4 is 51.5 Å². The smallest absolute Gasteiger partial charge is 0.202 e. The normalized spacial score (nSPS) is 10.2. The molecule has 14 heavy (non-hydrogen) atoms. The molecule has 0 heterocycles. The highest BCUT2D eigenvalue weighted by Crippen LogP contribution is 2.16. The van der Waals surface area contributed by atoms with E-state index < -0.39 is 0 Å². The van der Waals surface area contributed by atoms with Crippen molar-refractivity contribution in [3.05, 3.63) is 29.3 Å². The average Bonchev–Trinajstić information content (AvgIpc) is 2.07. The zero-order valence-corrected chi connectivity index (χ0v) is 12.4. The van der Waals surface area contributed by atoms with Gasteiger partial charge < -0.3 is 0 Å². The predicted octanol–water partition coefficient (Wildman–Crippen LogP) is 3.11. The van der Waals surface area contributed by atoms with Crippen LogP contribution in [0.25, 0.3) is 0 Å². The van der Waals surface area contributed by atoms with E-state index in [0.29, 0.717) is 14.7 Å². The Balaban J connectivity index is 0.00000169. The highest BCUT2D eigenvalue weighted by atomic mass is 79.9. The summed E-state index contributed by atoms with van der Waals surface area (Å²) in [5.74, 6) is 0. The minimum atomic E-state index is 0. The van der Waals surface area contributed by atoms with Crippen LogP contribution in [0.2, 0.25) is 0 Å². The molecule has 0 spiro atoms. The molecule has 0 radical (unpaired) electrons. The summed E-state index contributed by atoms with van der Waals surface area (Å²) in [4.78, 5) is 10.7. The van der Waals surface area contributed by atoms with E-state index >= 15 is 0 Å². The van der Waals surface area contributed by atoms with Crippen molar-refractivity contribution in [2.75, 3.05) is 6.16 Å². The van der Waals surface area contributed by atoms with E-state index in [1.165, 1.54) is 16.4 Å². The fourth-order valence-corrected chi connectivity index (χ4v) is 2.53. The van der Waals surface area contributed by atoms with E-state index in [9.17, 15) is 4.79 Å². The molecular weight excluding hydrogens is 327 g/mol. The Morgan fingerprint density at radius 2 is 2.07 bits per heavy atom. The first-order valence-electron chi connectivity index (χ1n) is 4.09. The predicted molar refractivity (Wildman–Crippen MR) is 73.0 cm³/mol. The van der Waals surface area contributed by atoms with Gasteiger partial charge in [-0.05, 0) is 46.2 Å². The first-order chi connectivity index (χ1) is 6.11. The van der Waals surface area contributed by atoms with Crippen molar-refractivity contribution in [1.82, 2.24) is 0 Å². The molecule has 1 rings (SSSR count). The maximum Gasteiger partial charge on any atom is 0.202 e. The summed E-state index contributed by atoms with van der Waals surface area (Å²) in [5, 5.41) is 1.30. The van der Waals surface area contributed by atoms with Crippen LogP contribution in [-0.2, 0) is 4.79 Å². The van der Waals surface area contributed by atoms with Crippen molar-refractivity contribution < 1.29 is 4.79 Å². The van der Waals surface area contributed by atoms with Crippen molar-refractivity contribution in [2.45, 2.75) is 13.8 Å². The minimum Gasteiger partial charge on any atom is -0.286 e. The summed E-state index contributed by atoms with van der Waals surface area (Å²) in [6.07, 6.45) is 0.601. The second kappa shape index (κ2) is 6.71. The van der Waals surface area contributed by atoms with Crippen LogP contribution >= 0.6 is 41.5 Å². The number of hydrogen-bond donors (Lipinski definition) is 0. The summed E-state index contributed by atoms with van der Waals surface area (Å²) >= 11 is 2.94.